The first-order valence-corrected chi connectivity index (χ1v) is 10.9. The van der Waals surface area contributed by atoms with Crippen LogP contribution in [0.15, 0.2) is 9.80 Å². The van der Waals surface area contributed by atoms with Gasteiger partial charge in [-0.05, 0) is 39.9 Å². The third-order valence-electron chi connectivity index (χ3n) is 4.61. The molecule has 3 rings (SSSR count). The Bertz CT molecular complexity index is 858. The average molecular weight is 427 g/mol. The number of quaternary nitrogens is 2. The molecule has 8 nitrogen and oxygen atoms in total. The fourth-order valence-electron chi connectivity index (χ4n) is 3.36. The minimum Gasteiger partial charge on any atom is -0.413 e. The number of piperazine rings is 1. The van der Waals surface area contributed by atoms with E-state index in [0.29, 0.717) is 30.4 Å². The third kappa shape index (κ3) is 6.20. The van der Waals surface area contributed by atoms with E-state index < -0.39 is 0 Å². The number of aryl methyl sites for hydroxylation is 1. The van der Waals surface area contributed by atoms with Crippen LogP contribution in [0.5, 0.6) is 0 Å². The van der Waals surface area contributed by atoms with Crippen molar-refractivity contribution in [2.75, 3.05) is 32.7 Å². The standard InChI is InChI=1S/C18H28N6O2S2/c1-13-19-14(11-28-13)9-16-21-24(17(27)26-16)12-23-7-5-22(6-8-23)10-15(25)20-18(2,3)4/h11H,5-10,12H2,1-4H3,(H,20,25)/p+2. The summed E-state index contributed by atoms with van der Waals surface area (Å²) in [6.45, 7) is 13.1. The normalized spacial score (nSPS) is 20.3. The van der Waals surface area contributed by atoms with Crippen LogP contribution < -0.4 is 15.1 Å². The van der Waals surface area contributed by atoms with Gasteiger partial charge in [-0.3, -0.25) is 4.79 Å². The topological polar surface area (TPSA) is 81.8 Å². The number of nitrogens with zero attached hydrogens (tertiary/aromatic N) is 3. The molecule has 1 amide bonds. The van der Waals surface area contributed by atoms with Crippen LogP contribution in [-0.4, -0.2) is 58.9 Å². The van der Waals surface area contributed by atoms with E-state index in [1.807, 2.05) is 33.1 Å². The molecule has 1 aliphatic rings. The second-order valence-electron chi connectivity index (χ2n) is 8.43. The van der Waals surface area contributed by atoms with E-state index in [1.165, 1.54) is 9.80 Å². The fraction of sp³-hybridized carbons (Fsp3) is 0.667. The number of carbonyl (C=O) groups is 1. The van der Waals surface area contributed by atoms with Crippen molar-refractivity contribution in [3.05, 3.63) is 26.8 Å². The van der Waals surface area contributed by atoms with Gasteiger partial charge in [0.1, 0.15) is 26.2 Å². The highest BCUT2D eigenvalue weighted by Crippen LogP contribution is 2.12. The summed E-state index contributed by atoms with van der Waals surface area (Å²) < 4.78 is 7.42. The summed E-state index contributed by atoms with van der Waals surface area (Å²) in [6.07, 6.45) is 0.567. The summed E-state index contributed by atoms with van der Waals surface area (Å²) in [7, 11) is 0. The number of amides is 1. The van der Waals surface area contributed by atoms with E-state index >= 15 is 0 Å². The van der Waals surface area contributed by atoms with E-state index in [-0.39, 0.29) is 11.4 Å². The molecule has 10 heteroatoms. The second-order valence-corrected chi connectivity index (χ2v) is 9.84. The monoisotopic (exact) mass is 426 g/mol. The van der Waals surface area contributed by atoms with Gasteiger partial charge in [0.2, 0.25) is 5.89 Å². The van der Waals surface area contributed by atoms with Crippen LogP contribution in [0.1, 0.15) is 37.4 Å². The van der Waals surface area contributed by atoms with Crippen molar-refractivity contribution >= 4 is 29.5 Å². The third-order valence-corrected chi connectivity index (χ3v) is 5.73. The number of nitrogens with one attached hydrogen (secondary N) is 3. The lowest BCUT2D eigenvalue weighted by Gasteiger charge is -2.30. The number of rotatable bonds is 6. The molecule has 154 valence electrons. The first-order valence-electron chi connectivity index (χ1n) is 9.64. The van der Waals surface area contributed by atoms with Gasteiger partial charge in [-0.1, -0.05) is 0 Å². The molecule has 0 bridgehead atoms. The summed E-state index contributed by atoms with van der Waals surface area (Å²) in [5.74, 6) is 0.726. The zero-order chi connectivity index (χ0) is 20.3. The molecule has 3 N–H and O–H groups in total. The molecule has 0 saturated carbocycles. The molecular weight excluding hydrogens is 396 g/mol. The molecule has 1 saturated heterocycles. The van der Waals surface area contributed by atoms with Crippen molar-refractivity contribution in [1.29, 1.82) is 0 Å². The molecule has 0 radical (unpaired) electrons. The molecule has 0 atom stereocenters. The number of carbonyl (C=O) groups excluding carboxylic acids is 1. The van der Waals surface area contributed by atoms with E-state index in [0.717, 1.165) is 36.9 Å². The molecule has 28 heavy (non-hydrogen) atoms. The van der Waals surface area contributed by atoms with E-state index in [2.05, 4.69) is 15.4 Å². The van der Waals surface area contributed by atoms with Crippen LogP contribution in [-0.2, 0) is 17.9 Å². The summed E-state index contributed by atoms with van der Waals surface area (Å²) in [4.78, 5) is 19.7. The summed E-state index contributed by atoms with van der Waals surface area (Å²) >= 11 is 6.96. The Morgan fingerprint density at radius 3 is 2.61 bits per heavy atom. The molecule has 0 unspecified atom stereocenters. The molecule has 2 aromatic rings. The second kappa shape index (κ2) is 8.81. The van der Waals surface area contributed by atoms with Crippen LogP contribution in [0.3, 0.4) is 0 Å². The number of thiazole rings is 1. The van der Waals surface area contributed by atoms with Crippen molar-refractivity contribution in [1.82, 2.24) is 20.1 Å². The van der Waals surface area contributed by atoms with E-state index in [4.69, 9.17) is 16.6 Å². The molecule has 2 aromatic heterocycles. The van der Waals surface area contributed by atoms with Gasteiger partial charge in [-0.25, -0.2) is 4.98 Å². The van der Waals surface area contributed by atoms with Crippen molar-refractivity contribution < 1.29 is 19.0 Å². The predicted octanol–water partition coefficient (Wildman–Crippen LogP) is -0.783. The van der Waals surface area contributed by atoms with Crippen molar-refractivity contribution in [3.8, 4) is 0 Å². The van der Waals surface area contributed by atoms with Crippen LogP contribution >= 0.6 is 23.6 Å². The molecule has 3 heterocycles. The predicted molar refractivity (Wildman–Crippen MR) is 109 cm³/mol. The fourth-order valence-corrected chi connectivity index (χ4v) is 4.17. The van der Waals surface area contributed by atoms with E-state index in [9.17, 15) is 4.79 Å². The number of hydrogen-bond acceptors (Lipinski definition) is 6. The SMILES string of the molecule is Cc1nc(Cc2nn(C[NH+]3CC[NH+](CC(=O)NC(C)(C)C)CC3)c(=S)o2)cs1. The van der Waals surface area contributed by atoms with Crippen LogP contribution in [0, 0.1) is 11.8 Å². The Balaban J connectivity index is 1.48. The quantitative estimate of drug-likeness (QED) is 0.528. The van der Waals surface area contributed by atoms with Gasteiger partial charge < -0.3 is 19.5 Å². The summed E-state index contributed by atoms with van der Waals surface area (Å²) in [5.41, 5.74) is 0.783. The zero-order valence-corrected chi connectivity index (χ0v) is 18.6. The molecular formula is C18H30N6O2S2+2. The Hall–Kier alpha value is -1.62. The van der Waals surface area contributed by atoms with Crippen molar-refractivity contribution in [2.24, 2.45) is 0 Å². The Kier molecular flexibility index (Phi) is 6.64. The Morgan fingerprint density at radius 2 is 2.00 bits per heavy atom. The number of hydrogen-bond donors (Lipinski definition) is 3. The Labute approximate surface area is 174 Å². The first-order chi connectivity index (χ1) is 13.2. The highest BCUT2D eigenvalue weighted by atomic mass is 32.1. The molecule has 0 spiro atoms. The van der Waals surface area contributed by atoms with Gasteiger partial charge >= 0.3 is 0 Å². The van der Waals surface area contributed by atoms with Gasteiger partial charge in [-0.2, -0.15) is 4.68 Å². The highest BCUT2D eigenvalue weighted by Gasteiger charge is 2.26. The summed E-state index contributed by atoms with van der Waals surface area (Å²) in [5, 5.41) is 10.6. The zero-order valence-electron chi connectivity index (χ0n) is 17.0. The number of aromatic nitrogens is 3. The van der Waals surface area contributed by atoms with Gasteiger partial charge in [0.05, 0.1) is 17.1 Å². The van der Waals surface area contributed by atoms with Crippen molar-refractivity contribution in [3.63, 3.8) is 0 Å². The average Bonchev–Trinajstić information content (AvgIpc) is 3.13. The lowest BCUT2D eigenvalue weighted by molar-refractivity contribution is -1.02. The Morgan fingerprint density at radius 1 is 1.32 bits per heavy atom. The van der Waals surface area contributed by atoms with Gasteiger partial charge in [0.25, 0.3) is 10.7 Å². The lowest BCUT2D eigenvalue weighted by Crippen LogP contribution is -3.28. The minimum absolute atomic E-state index is 0.117. The molecule has 0 aliphatic carbocycles. The molecule has 1 aliphatic heterocycles. The first kappa shape index (κ1) is 21.1. The van der Waals surface area contributed by atoms with Gasteiger partial charge in [0, 0.05) is 10.9 Å². The van der Waals surface area contributed by atoms with E-state index in [1.54, 1.807) is 16.0 Å². The van der Waals surface area contributed by atoms with Gasteiger partial charge in [0.15, 0.2) is 13.2 Å². The maximum atomic E-state index is 12.1. The summed E-state index contributed by atoms with van der Waals surface area (Å²) in [6, 6.07) is 0. The molecule has 0 aromatic carbocycles. The maximum Gasteiger partial charge on any atom is 0.291 e. The lowest BCUT2D eigenvalue weighted by atomic mass is 10.1. The minimum atomic E-state index is -0.179. The van der Waals surface area contributed by atoms with Crippen molar-refractivity contribution in [2.45, 2.75) is 46.3 Å². The molecule has 1 fully saturated rings. The largest absolute Gasteiger partial charge is 0.413 e. The maximum absolute atomic E-state index is 12.1. The van der Waals surface area contributed by atoms with Crippen LogP contribution in [0.2, 0.25) is 0 Å². The van der Waals surface area contributed by atoms with Gasteiger partial charge in [-0.15, -0.1) is 16.4 Å². The van der Waals surface area contributed by atoms with Crippen LogP contribution in [0.25, 0.3) is 0 Å². The smallest absolute Gasteiger partial charge is 0.291 e. The highest BCUT2D eigenvalue weighted by molar-refractivity contribution is 7.71. The van der Waals surface area contributed by atoms with Crippen LogP contribution in [0.4, 0.5) is 0 Å².